The van der Waals surface area contributed by atoms with E-state index in [9.17, 15) is 9.59 Å². The Morgan fingerprint density at radius 1 is 0.913 bits per heavy atom. The molecule has 0 aliphatic rings. The van der Waals surface area contributed by atoms with Crippen LogP contribution in [0.15, 0.2) is 36.4 Å². The van der Waals surface area contributed by atoms with Gasteiger partial charge in [0.05, 0.1) is 18.2 Å². The summed E-state index contributed by atoms with van der Waals surface area (Å²) in [7, 11) is 1.39. The van der Waals surface area contributed by atoms with Crippen molar-refractivity contribution < 1.29 is 19.4 Å². The van der Waals surface area contributed by atoms with Gasteiger partial charge in [-0.3, -0.25) is 0 Å². The number of hydrogen-bond acceptors (Lipinski definition) is 3. The van der Waals surface area contributed by atoms with Crippen molar-refractivity contribution >= 4 is 57.1 Å². The molecule has 0 spiro atoms. The first-order valence-electron chi connectivity index (χ1n) is 6.60. The molecule has 23 heavy (non-hydrogen) atoms. The van der Waals surface area contributed by atoms with Gasteiger partial charge in [-0.15, -0.1) is 0 Å². The molecular formula is C17H16I2O4. The molecule has 122 valence electrons. The predicted octanol–water partition coefficient (Wildman–Crippen LogP) is 4.68. The smallest absolute Gasteiger partial charge is 0.338 e. The Morgan fingerprint density at radius 2 is 1.35 bits per heavy atom. The predicted molar refractivity (Wildman–Crippen MR) is 106 cm³/mol. The number of aromatic carboxylic acids is 1. The zero-order valence-electron chi connectivity index (χ0n) is 12.9. The topological polar surface area (TPSA) is 63.6 Å². The molecule has 2 aromatic carbocycles. The van der Waals surface area contributed by atoms with Crippen molar-refractivity contribution in [2.24, 2.45) is 0 Å². The molecule has 4 nitrogen and oxygen atoms in total. The van der Waals surface area contributed by atoms with Crippen LogP contribution >= 0.6 is 45.2 Å². The van der Waals surface area contributed by atoms with Crippen LogP contribution in [0.5, 0.6) is 0 Å². The van der Waals surface area contributed by atoms with Gasteiger partial charge in [0, 0.05) is 7.14 Å². The number of carbonyl (C=O) groups excluding carboxylic acids is 1. The number of esters is 1. The van der Waals surface area contributed by atoms with Crippen molar-refractivity contribution in [3.05, 3.63) is 65.8 Å². The fourth-order valence-corrected chi connectivity index (χ4v) is 3.13. The van der Waals surface area contributed by atoms with Gasteiger partial charge in [0.15, 0.2) is 0 Å². The SMILES string of the molecule is COC(=O)c1ccc(I)cc1C.Cc1cc(I)ccc1C(=O)O. The number of ether oxygens (including phenoxy) is 1. The second-order valence-corrected chi connectivity index (χ2v) is 7.21. The molecule has 0 heterocycles. The molecular weight excluding hydrogens is 522 g/mol. The van der Waals surface area contributed by atoms with Crippen molar-refractivity contribution in [1.29, 1.82) is 0 Å². The fraction of sp³-hybridized carbons (Fsp3) is 0.176. The van der Waals surface area contributed by atoms with E-state index in [1.807, 2.05) is 25.1 Å². The third-order valence-corrected chi connectivity index (χ3v) is 4.35. The molecule has 1 N–H and O–H groups in total. The number of carbonyl (C=O) groups is 2. The van der Waals surface area contributed by atoms with E-state index in [2.05, 4.69) is 49.9 Å². The van der Waals surface area contributed by atoms with Crippen LogP contribution < -0.4 is 0 Å². The summed E-state index contributed by atoms with van der Waals surface area (Å²) in [5.74, 6) is -1.14. The maximum atomic E-state index is 11.1. The molecule has 6 heteroatoms. The van der Waals surface area contributed by atoms with E-state index in [1.165, 1.54) is 7.11 Å². The van der Waals surface area contributed by atoms with Crippen LogP contribution in [0.25, 0.3) is 0 Å². The molecule has 0 bridgehead atoms. The molecule has 0 saturated carbocycles. The van der Waals surface area contributed by atoms with Gasteiger partial charge in [0.2, 0.25) is 0 Å². The minimum absolute atomic E-state index is 0.274. The summed E-state index contributed by atoms with van der Waals surface area (Å²) >= 11 is 4.36. The summed E-state index contributed by atoms with van der Waals surface area (Å²) in [6.45, 7) is 3.69. The number of methoxy groups -OCH3 is 1. The number of aryl methyl sites for hydroxylation is 2. The average Bonchev–Trinajstić information content (AvgIpc) is 2.46. The molecule has 0 saturated heterocycles. The lowest BCUT2D eigenvalue weighted by atomic mass is 10.1. The highest BCUT2D eigenvalue weighted by molar-refractivity contribution is 14.1. The average molecular weight is 538 g/mol. The molecule has 0 amide bonds. The van der Waals surface area contributed by atoms with Crippen molar-refractivity contribution in [1.82, 2.24) is 0 Å². The summed E-state index contributed by atoms with van der Waals surface area (Å²) in [6, 6.07) is 10.9. The number of hydrogen-bond donors (Lipinski definition) is 1. The molecule has 2 rings (SSSR count). The van der Waals surface area contributed by atoms with Crippen LogP contribution in [0.1, 0.15) is 31.8 Å². The van der Waals surface area contributed by atoms with Gasteiger partial charge < -0.3 is 9.84 Å². The van der Waals surface area contributed by atoms with Crippen LogP contribution in [-0.4, -0.2) is 24.2 Å². The van der Waals surface area contributed by atoms with Gasteiger partial charge in [0.25, 0.3) is 0 Å². The van der Waals surface area contributed by atoms with Gasteiger partial charge in [-0.2, -0.15) is 0 Å². The van der Waals surface area contributed by atoms with Gasteiger partial charge in [-0.1, -0.05) is 0 Å². The summed E-state index contributed by atoms with van der Waals surface area (Å²) in [5, 5.41) is 8.65. The van der Waals surface area contributed by atoms with Crippen LogP contribution in [0, 0.1) is 21.0 Å². The Balaban J connectivity index is 0.000000231. The van der Waals surface area contributed by atoms with Crippen LogP contribution in [0.2, 0.25) is 0 Å². The third kappa shape index (κ3) is 6.09. The van der Waals surface area contributed by atoms with E-state index in [-0.39, 0.29) is 5.97 Å². The lowest BCUT2D eigenvalue weighted by Gasteiger charge is -2.02. The largest absolute Gasteiger partial charge is 0.478 e. The number of benzene rings is 2. The van der Waals surface area contributed by atoms with E-state index >= 15 is 0 Å². The van der Waals surface area contributed by atoms with Crippen molar-refractivity contribution in [3.8, 4) is 0 Å². The van der Waals surface area contributed by atoms with E-state index in [0.29, 0.717) is 11.1 Å². The number of carboxylic acids is 1. The summed E-state index contributed by atoms with van der Waals surface area (Å²) in [6.07, 6.45) is 0. The highest BCUT2D eigenvalue weighted by Gasteiger charge is 2.08. The van der Waals surface area contributed by atoms with Crippen molar-refractivity contribution in [2.75, 3.05) is 7.11 Å². The Labute approximate surface area is 162 Å². The normalized spacial score (nSPS) is 9.61. The molecule has 0 aliphatic carbocycles. The van der Waals surface area contributed by atoms with E-state index in [0.717, 1.165) is 18.3 Å². The summed E-state index contributed by atoms with van der Waals surface area (Å²) in [4.78, 5) is 21.7. The van der Waals surface area contributed by atoms with Crippen molar-refractivity contribution in [2.45, 2.75) is 13.8 Å². The van der Waals surface area contributed by atoms with E-state index < -0.39 is 5.97 Å². The standard InChI is InChI=1S/C9H9IO2.C8H7IO2/c1-6-5-7(10)3-4-8(6)9(11)12-2;1-5-4-6(9)2-3-7(5)8(10)11/h3-5H,1-2H3;2-4H,1H3,(H,10,11). The lowest BCUT2D eigenvalue weighted by molar-refractivity contribution is 0.0599. The molecule has 0 aliphatic heterocycles. The summed E-state index contributed by atoms with van der Waals surface area (Å²) in [5.41, 5.74) is 2.78. The van der Waals surface area contributed by atoms with Gasteiger partial charge in [-0.25, -0.2) is 9.59 Å². The van der Waals surface area contributed by atoms with Gasteiger partial charge >= 0.3 is 11.9 Å². The van der Waals surface area contributed by atoms with E-state index in [4.69, 9.17) is 5.11 Å². The molecule has 0 unspecified atom stereocenters. The third-order valence-electron chi connectivity index (χ3n) is 3.01. The maximum absolute atomic E-state index is 11.1. The van der Waals surface area contributed by atoms with Crippen LogP contribution in [0.3, 0.4) is 0 Å². The second-order valence-electron chi connectivity index (χ2n) is 4.72. The maximum Gasteiger partial charge on any atom is 0.338 e. The fourth-order valence-electron chi connectivity index (χ4n) is 1.83. The summed E-state index contributed by atoms with van der Waals surface area (Å²) < 4.78 is 6.80. The Kier molecular flexibility index (Phi) is 7.97. The van der Waals surface area contributed by atoms with Crippen molar-refractivity contribution in [3.63, 3.8) is 0 Å². The Morgan fingerprint density at radius 3 is 1.70 bits per heavy atom. The highest BCUT2D eigenvalue weighted by Crippen LogP contribution is 2.13. The number of halogens is 2. The van der Waals surface area contributed by atoms with Crippen LogP contribution in [0.4, 0.5) is 0 Å². The lowest BCUT2D eigenvalue weighted by Crippen LogP contribution is -2.03. The molecule has 0 atom stereocenters. The monoisotopic (exact) mass is 538 g/mol. The highest BCUT2D eigenvalue weighted by atomic mass is 127. The van der Waals surface area contributed by atoms with Gasteiger partial charge in [-0.05, 0) is 107 Å². The second kappa shape index (κ2) is 9.21. The van der Waals surface area contributed by atoms with Gasteiger partial charge in [0.1, 0.15) is 0 Å². The molecule has 2 aromatic rings. The Hall–Kier alpha value is -1.16. The molecule has 0 radical (unpaired) electrons. The molecule has 0 fully saturated rings. The zero-order valence-corrected chi connectivity index (χ0v) is 17.2. The van der Waals surface area contributed by atoms with Crippen LogP contribution in [-0.2, 0) is 4.74 Å². The quantitative estimate of drug-likeness (QED) is 0.446. The first-order valence-corrected chi connectivity index (χ1v) is 8.76. The first-order chi connectivity index (χ1) is 10.8. The minimum atomic E-state index is -0.862. The number of rotatable bonds is 2. The molecule has 0 aromatic heterocycles. The zero-order chi connectivity index (χ0) is 17.6. The van der Waals surface area contributed by atoms with E-state index in [1.54, 1.807) is 25.1 Å². The first kappa shape index (κ1) is 19.9. The Bertz CT molecular complexity index is 727. The number of carboxylic acid groups (broad SMARTS) is 1. The minimum Gasteiger partial charge on any atom is -0.478 e.